The molecule has 0 saturated heterocycles. The zero-order chi connectivity index (χ0) is 21.4. The average Bonchev–Trinajstić information content (AvgIpc) is 3.43. The normalized spacial score (nSPS) is 14.4. The van der Waals surface area contributed by atoms with Crippen molar-refractivity contribution in [3.05, 3.63) is 58.9 Å². The van der Waals surface area contributed by atoms with Crippen molar-refractivity contribution < 1.29 is 9.18 Å². The second-order valence-corrected chi connectivity index (χ2v) is 7.60. The molecule has 4 heterocycles. The van der Waals surface area contributed by atoms with Gasteiger partial charge in [-0.3, -0.25) is 14.2 Å². The zero-order valence-electron chi connectivity index (χ0n) is 16.6. The number of nitrogens with one attached hydrogen (secondary N) is 2. The molecule has 0 bridgehead atoms. The Kier molecular flexibility index (Phi) is 4.81. The fourth-order valence-electron chi connectivity index (χ4n) is 3.98. The van der Waals surface area contributed by atoms with E-state index >= 15 is 0 Å². The Hall–Kier alpha value is -3.82. The molecule has 0 atom stereocenters. The first-order valence-electron chi connectivity index (χ1n) is 10.1. The number of hydrogen-bond acceptors (Lipinski definition) is 6. The average molecular weight is 421 g/mol. The van der Waals surface area contributed by atoms with Crippen molar-refractivity contribution in [2.45, 2.75) is 38.3 Å². The summed E-state index contributed by atoms with van der Waals surface area (Å²) >= 11 is 0. The highest BCUT2D eigenvalue weighted by Crippen LogP contribution is 2.23. The quantitative estimate of drug-likeness (QED) is 0.513. The number of aromatic nitrogens is 5. The van der Waals surface area contributed by atoms with Crippen LogP contribution in [0.5, 0.6) is 0 Å². The maximum Gasteiger partial charge on any atom is 0.263 e. The number of hydrogen-bond donors (Lipinski definition) is 2. The molecule has 10 heteroatoms. The van der Waals surface area contributed by atoms with Crippen LogP contribution in [0.25, 0.3) is 16.7 Å². The molecular weight excluding hydrogens is 401 g/mol. The van der Waals surface area contributed by atoms with Gasteiger partial charge in [0.2, 0.25) is 5.91 Å². The van der Waals surface area contributed by atoms with Crippen molar-refractivity contribution in [2.75, 3.05) is 10.6 Å². The van der Waals surface area contributed by atoms with Crippen molar-refractivity contribution in [1.29, 1.82) is 0 Å². The molecule has 9 nitrogen and oxygen atoms in total. The molecule has 1 saturated carbocycles. The molecule has 0 radical (unpaired) electrons. The smallest absolute Gasteiger partial charge is 0.263 e. The van der Waals surface area contributed by atoms with E-state index in [9.17, 15) is 14.0 Å². The Bertz CT molecular complexity index is 1320. The van der Waals surface area contributed by atoms with Crippen LogP contribution in [0.2, 0.25) is 0 Å². The number of nitrogens with zero attached hydrogens (tertiary/aromatic N) is 5. The third kappa shape index (κ3) is 3.72. The topological polar surface area (TPSA) is 106 Å². The van der Waals surface area contributed by atoms with E-state index in [2.05, 4.69) is 25.7 Å². The molecule has 0 spiro atoms. The van der Waals surface area contributed by atoms with Gasteiger partial charge in [0.05, 0.1) is 11.6 Å². The van der Waals surface area contributed by atoms with Crippen LogP contribution in [0.15, 0.2) is 47.5 Å². The summed E-state index contributed by atoms with van der Waals surface area (Å²) in [6.45, 7) is -0.249. The summed E-state index contributed by atoms with van der Waals surface area (Å²) in [5.41, 5.74) is 0.544. The predicted octanol–water partition coefficient (Wildman–Crippen LogP) is 2.57. The number of rotatable bonds is 5. The molecule has 1 aliphatic carbocycles. The molecule has 5 rings (SSSR count). The molecule has 0 aromatic carbocycles. The van der Waals surface area contributed by atoms with Crippen molar-refractivity contribution in [2.24, 2.45) is 0 Å². The van der Waals surface area contributed by atoms with E-state index in [1.165, 1.54) is 29.5 Å². The maximum atomic E-state index is 13.1. The number of pyridine rings is 2. The van der Waals surface area contributed by atoms with Crippen molar-refractivity contribution in [1.82, 2.24) is 24.1 Å². The summed E-state index contributed by atoms with van der Waals surface area (Å²) in [5, 5.41) is 11.0. The van der Waals surface area contributed by atoms with E-state index < -0.39 is 11.7 Å². The Balaban J connectivity index is 1.54. The zero-order valence-corrected chi connectivity index (χ0v) is 16.6. The summed E-state index contributed by atoms with van der Waals surface area (Å²) in [5.74, 6) is -0.119. The molecule has 2 N–H and O–H groups in total. The standard InChI is InChI=1S/C21H20FN7O2/c22-13-7-8-16(24-11-13)26-18(30)12-28-19-10-17(25-14-4-1-2-5-14)27-29(19)20-15(21(28)31)6-3-9-23-20/h3,6-11,14H,1-2,4-5,12H2,(H,25,27)(H,24,26,30). The lowest BCUT2D eigenvalue weighted by molar-refractivity contribution is -0.116. The van der Waals surface area contributed by atoms with E-state index in [0.717, 1.165) is 19.0 Å². The largest absolute Gasteiger partial charge is 0.366 e. The molecule has 1 amide bonds. The first kappa shape index (κ1) is 19.2. The Morgan fingerprint density at radius 2 is 2.00 bits per heavy atom. The van der Waals surface area contributed by atoms with Crippen LogP contribution in [0.3, 0.4) is 0 Å². The number of fused-ring (bicyclic) bond motifs is 3. The molecule has 1 fully saturated rings. The van der Waals surface area contributed by atoms with Gasteiger partial charge in [0, 0.05) is 18.3 Å². The molecular formula is C21H20FN7O2. The minimum atomic E-state index is -0.500. The van der Waals surface area contributed by atoms with E-state index in [0.29, 0.717) is 28.5 Å². The Morgan fingerprint density at radius 3 is 2.77 bits per heavy atom. The van der Waals surface area contributed by atoms with Gasteiger partial charge >= 0.3 is 0 Å². The van der Waals surface area contributed by atoms with Gasteiger partial charge in [0.25, 0.3) is 5.56 Å². The monoisotopic (exact) mass is 421 g/mol. The molecule has 4 aromatic heterocycles. The lowest BCUT2D eigenvalue weighted by Crippen LogP contribution is -2.29. The minimum Gasteiger partial charge on any atom is -0.366 e. The second kappa shape index (κ2) is 7.78. The highest BCUT2D eigenvalue weighted by Gasteiger charge is 2.20. The van der Waals surface area contributed by atoms with Gasteiger partial charge < -0.3 is 10.6 Å². The van der Waals surface area contributed by atoms with Gasteiger partial charge in [-0.25, -0.2) is 14.4 Å². The lowest BCUT2D eigenvalue weighted by Gasteiger charge is -2.10. The number of carbonyl (C=O) groups excluding carboxylic acids is 1. The minimum absolute atomic E-state index is 0.204. The first-order chi connectivity index (χ1) is 15.1. The van der Waals surface area contributed by atoms with Gasteiger partial charge in [-0.15, -0.1) is 5.10 Å². The third-order valence-corrected chi connectivity index (χ3v) is 5.43. The highest BCUT2D eigenvalue weighted by atomic mass is 19.1. The van der Waals surface area contributed by atoms with Crippen LogP contribution in [0.1, 0.15) is 25.7 Å². The van der Waals surface area contributed by atoms with Crippen LogP contribution in [-0.2, 0) is 11.3 Å². The lowest BCUT2D eigenvalue weighted by atomic mass is 10.2. The van der Waals surface area contributed by atoms with Crippen molar-refractivity contribution >= 4 is 34.2 Å². The number of halogens is 1. The van der Waals surface area contributed by atoms with E-state index in [1.807, 2.05) is 0 Å². The van der Waals surface area contributed by atoms with Crippen LogP contribution in [-0.4, -0.2) is 36.1 Å². The number of anilines is 2. The van der Waals surface area contributed by atoms with Crippen LogP contribution < -0.4 is 16.2 Å². The number of amides is 1. The molecule has 31 heavy (non-hydrogen) atoms. The van der Waals surface area contributed by atoms with Gasteiger partial charge in [0.15, 0.2) is 11.5 Å². The highest BCUT2D eigenvalue weighted by molar-refractivity contribution is 5.90. The summed E-state index contributed by atoms with van der Waals surface area (Å²) in [6, 6.07) is 8.00. The molecule has 158 valence electrons. The Morgan fingerprint density at radius 1 is 1.16 bits per heavy atom. The summed E-state index contributed by atoms with van der Waals surface area (Å²) in [6.07, 6.45) is 7.12. The van der Waals surface area contributed by atoms with Gasteiger partial charge in [-0.2, -0.15) is 4.52 Å². The van der Waals surface area contributed by atoms with Crippen molar-refractivity contribution in [3.63, 3.8) is 0 Å². The first-order valence-corrected chi connectivity index (χ1v) is 10.1. The number of carbonyl (C=O) groups is 1. The molecule has 0 aliphatic heterocycles. The fraction of sp³-hybridized carbons (Fsp3) is 0.286. The Labute approximate surface area is 175 Å². The third-order valence-electron chi connectivity index (χ3n) is 5.43. The fourth-order valence-corrected chi connectivity index (χ4v) is 3.98. The van der Waals surface area contributed by atoms with E-state index in [-0.39, 0.29) is 17.9 Å². The second-order valence-electron chi connectivity index (χ2n) is 7.60. The van der Waals surface area contributed by atoms with Crippen molar-refractivity contribution in [3.8, 4) is 0 Å². The van der Waals surface area contributed by atoms with Crippen LogP contribution in [0.4, 0.5) is 16.0 Å². The van der Waals surface area contributed by atoms with Crippen LogP contribution >= 0.6 is 0 Å². The maximum absolute atomic E-state index is 13.1. The van der Waals surface area contributed by atoms with Crippen LogP contribution in [0, 0.1) is 5.82 Å². The molecule has 0 unspecified atom stereocenters. The predicted molar refractivity (Wildman–Crippen MR) is 113 cm³/mol. The SMILES string of the molecule is O=C(Cn1c(=O)c2cccnc2n2nc(NC3CCCC3)cc12)Nc1ccc(F)cn1. The molecule has 4 aromatic rings. The van der Waals surface area contributed by atoms with E-state index in [1.54, 1.807) is 28.9 Å². The van der Waals surface area contributed by atoms with Gasteiger partial charge in [0.1, 0.15) is 23.8 Å². The van der Waals surface area contributed by atoms with Gasteiger partial charge in [-0.05, 0) is 37.1 Å². The van der Waals surface area contributed by atoms with E-state index in [4.69, 9.17) is 0 Å². The summed E-state index contributed by atoms with van der Waals surface area (Å²) < 4.78 is 16.0. The summed E-state index contributed by atoms with van der Waals surface area (Å²) in [7, 11) is 0. The van der Waals surface area contributed by atoms with Gasteiger partial charge in [-0.1, -0.05) is 12.8 Å². The summed E-state index contributed by atoms with van der Waals surface area (Å²) in [4.78, 5) is 33.9. The molecule has 1 aliphatic rings.